The molecule has 0 bridgehead atoms. The molecule has 1 unspecified atom stereocenters. The summed E-state index contributed by atoms with van der Waals surface area (Å²) in [5.74, 6) is 0. The van der Waals surface area contributed by atoms with E-state index < -0.39 is 27.8 Å². The van der Waals surface area contributed by atoms with Crippen molar-refractivity contribution < 1.29 is 30.9 Å². The highest BCUT2D eigenvalue weighted by Gasteiger charge is 2.62. The fourth-order valence-electron chi connectivity index (χ4n) is 1.78. The molecule has 8 heteroatoms. The standard InChI is InChI=1S/C14H13F3O4S/c1-13(15,22(18,19)20)14(16,17)21-9-10-6-7-11-4-2-3-5-12(11)8-10/h2-8H,9H2,1H3,(H,18,19,20). The van der Waals surface area contributed by atoms with Crippen LogP contribution in [0.3, 0.4) is 0 Å². The highest BCUT2D eigenvalue weighted by molar-refractivity contribution is 7.87. The zero-order chi connectivity index (χ0) is 16.6. The van der Waals surface area contributed by atoms with Crippen LogP contribution in [0.2, 0.25) is 0 Å². The lowest BCUT2D eigenvalue weighted by molar-refractivity contribution is -0.289. The van der Waals surface area contributed by atoms with E-state index in [4.69, 9.17) is 4.55 Å². The van der Waals surface area contributed by atoms with Crippen molar-refractivity contribution in [2.75, 3.05) is 0 Å². The maximum atomic E-state index is 13.6. The summed E-state index contributed by atoms with van der Waals surface area (Å²) < 4.78 is 74.8. The molecular weight excluding hydrogens is 321 g/mol. The van der Waals surface area contributed by atoms with Crippen molar-refractivity contribution in [2.45, 2.75) is 24.6 Å². The molecule has 0 heterocycles. The smallest absolute Gasteiger partial charge is 0.312 e. The molecule has 0 aliphatic carbocycles. The van der Waals surface area contributed by atoms with E-state index in [1.807, 2.05) is 12.1 Å². The van der Waals surface area contributed by atoms with Gasteiger partial charge in [0.1, 0.15) is 0 Å². The molecule has 1 N–H and O–H groups in total. The molecular formula is C14H13F3O4S. The lowest BCUT2D eigenvalue weighted by Gasteiger charge is -2.26. The Hall–Kier alpha value is -1.64. The molecule has 1 atom stereocenters. The van der Waals surface area contributed by atoms with Crippen molar-refractivity contribution in [3.63, 3.8) is 0 Å². The number of alkyl halides is 3. The fraction of sp³-hybridized carbons (Fsp3) is 0.286. The van der Waals surface area contributed by atoms with Gasteiger partial charge in [-0.3, -0.25) is 4.55 Å². The molecule has 0 aliphatic heterocycles. The molecule has 0 radical (unpaired) electrons. The average molecular weight is 334 g/mol. The van der Waals surface area contributed by atoms with Gasteiger partial charge in [0.15, 0.2) is 0 Å². The molecule has 4 nitrogen and oxygen atoms in total. The number of rotatable bonds is 5. The zero-order valence-electron chi connectivity index (χ0n) is 11.5. The van der Waals surface area contributed by atoms with Gasteiger partial charge in [0.25, 0.3) is 0 Å². The van der Waals surface area contributed by atoms with Crippen LogP contribution >= 0.6 is 0 Å². The minimum absolute atomic E-state index is 0.0444. The Balaban J connectivity index is 2.20. The number of fused-ring (bicyclic) bond motifs is 1. The monoisotopic (exact) mass is 334 g/mol. The maximum absolute atomic E-state index is 13.6. The maximum Gasteiger partial charge on any atom is 0.406 e. The molecule has 0 saturated heterocycles. The number of hydrogen-bond donors (Lipinski definition) is 1. The van der Waals surface area contributed by atoms with Crippen molar-refractivity contribution >= 4 is 20.9 Å². The molecule has 0 spiro atoms. The van der Waals surface area contributed by atoms with Gasteiger partial charge in [-0.2, -0.15) is 17.2 Å². The molecule has 0 saturated carbocycles. The van der Waals surface area contributed by atoms with Gasteiger partial charge < -0.3 is 4.74 Å². The number of ether oxygens (including phenoxy) is 1. The summed E-state index contributed by atoms with van der Waals surface area (Å²) in [7, 11) is -5.64. The number of halogens is 3. The highest BCUT2D eigenvalue weighted by atomic mass is 32.2. The average Bonchev–Trinajstić information content (AvgIpc) is 2.43. The van der Waals surface area contributed by atoms with Gasteiger partial charge in [-0.25, -0.2) is 4.39 Å². The first-order valence-corrected chi connectivity index (χ1v) is 7.64. The van der Waals surface area contributed by atoms with E-state index in [0.717, 1.165) is 10.8 Å². The van der Waals surface area contributed by atoms with Gasteiger partial charge in [-0.15, -0.1) is 0 Å². The Morgan fingerprint density at radius 3 is 2.27 bits per heavy atom. The topological polar surface area (TPSA) is 63.6 Å². The van der Waals surface area contributed by atoms with Gasteiger partial charge in [0, 0.05) is 0 Å². The minimum Gasteiger partial charge on any atom is -0.312 e. The van der Waals surface area contributed by atoms with Crippen LogP contribution in [-0.4, -0.2) is 24.1 Å². The third-order valence-electron chi connectivity index (χ3n) is 3.24. The lowest BCUT2D eigenvalue weighted by Crippen LogP contribution is -2.49. The van der Waals surface area contributed by atoms with Crippen LogP contribution in [0.15, 0.2) is 42.5 Å². The summed E-state index contributed by atoms with van der Waals surface area (Å²) in [6.45, 7) is -0.671. The molecule has 0 fully saturated rings. The van der Waals surface area contributed by atoms with Gasteiger partial charge in [0.2, 0.25) is 0 Å². The predicted molar refractivity (Wildman–Crippen MR) is 74.7 cm³/mol. The molecule has 2 aromatic carbocycles. The third kappa shape index (κ3) is 3.08. The molecule has 2 rings (SSSR count). The van der Waals surface area contributed by atoms with Crippen LogP contribution in [0.1, 0.15) is 12.5 Å². The van der Waals surface area contributed by atoms with E-state index in [9.17, 15) is 21.6 Å². The summed E-state index contributed by atoms with van der Waals surface area (Å²) in [6, 6.07) is 11.9. The van der Waals surface area contributed by atoms with Crippen LogP contribution in [0.5, 0.6) is 0 Å². The Morgan fingerprint density at radius 2 is 1.68 bits per heavy atom. The van der Waals surface area contributed by atoms with Crippen molar-refractivity contribution in [2.24, 2.45) is 0 Å². The molecule has 2 aromatic rings. The van der Waals surface area contributed by atoms with Crippen LogP contribution in [0.25, 0.3) is 10.8 Å². The predicted octanol–water partition coefficient (Wildman–Crippen LogP) is 3.52. The number of benzene rings is 2. The quantitative estimate of drug-likeness (QED) is 0.850. The van der Waals surface area contributed by atoms with Crippen LogP contribution in [0.4, 0.5) is 13.2 Å². The Morgan fingerprint density at radius 1 is 1.09 bits per heavy atom. The van der Waals surface area contributed by atoms with E-state index in [1.165, 1.54) is 6.07 Å². The second kappa shape index (κ2) is 5.53. The van der Waals surface area contributed by atoms with Gasteiger partial charge >= 0.3 is 21.2 Å². The third-order valence-corrected chi connectivity index (χ3v) is 4.44. The van der Waals surface area contributed by atoms with Gasteiger partial charge in [0.05, 0.1) is 6.61 Å². The molecule has 120 valence electrons. The van der Waals surface area contributed by atoms with Gasteiger partial charge in [-0.1, -0.05) is 36.4 Å². The first-order valence-electron chi connectivity index (χ1n) is 6.20. The second-order valence-corrected chi connectivity index (χ2v) is 6.60. The summed E-state index contributed by atoms with van der Waals surface area (Å²) in [5.41, 5.74) is 0.310. The van der Waals surface area contributed by atoms with Crippen molar-refractivity contribution in [3.05, 3.63) is 48.0 Å². The SMILES string of the molecule is CC(F)(C(F)(F)OCc1ccc2ccccc2c1)S(=O)(=O)O. The summed E-state index contributed by atoms with van der Waals surface area (Å²) in [6.07, 6.45) is -4.70. The zero-order valence-corrected chi connectivity index (χ0v) is 12.3. The number of hydrogen-bond acceptors (Lipinski definition) is 3. The Kier molecular flexibility index (Phi) is 4.20. The van der Waals surface area contributed by atoms with Gasteiger partial charge in [-0.05, 0) is 29.3 Å². The van der Waals surface area contributed by atoms with E-state index in [1.54, 1.807) is 24.3 Å². The van der Waals surface area contributed by atoms with Crippen molar-refractivity contribution in [3.8, 4) is 0 Å². The normalized spacial score (nSPS) is 15.7. The highest BCUT2D eigenvalue weighted by Crippen LogP contribution is 2.38. The first-order chi connectivity index (χ1) is 10.0. The van der Waals surface area contributed by atoms with E-state index >= 15 is 0 Å². The molecule has 0 aromatic heterocycles. The summed E-state index contributed by atoms with van der Waals surface area (Å²) in [4.78, 5) is 0. The lowest BCUT2D eigenvalue weighted by atomic mass is 10.1. The van der Waals surface area contributed by atoms with Crippen molar-refractivity contribution in [1.82, 2.24) is 0 Å². The molecule has 0 aliphatic rings. The minimum atomic E-state index is -5.64. The van der Waals surface area contributed by atoms with E-state index in [2.05, 4.69) is 4.74 Å². The Bertz CT molecular complexity index is 788. The summed E-state index contributed by atoms with van der Waals surface area (Å²) >= 11 is 0. The van der Waals surface area contributed by atoms with Crippen LogP contribution in [-0.2, 0) is 21.5 Å². The largest absolute Gasteiger partial charge is 0.406 e. The fourth-order valence-corrected chi connectivity index (χ4v) is 2.14. The molecule has 22 heavy (non-hydrogen) atoms. The van der Waals surface area contributed by atoms with Crippen LogP contribution < -0.4 is 0 Å². The second-order valence-electron chi connectivity index (χ2n) is 4.88. The first kappa shape index (κ1) is 16.7. The molecule has 0 amide bonds. The van der Waals surface area contributed by atoms with E-state index in [0.29, 0.717) is 5.56 Å². The van der Waals surface area contributed by atoms with Crippen molar-refractivity contribution in [1.29, 1.82) is 0 Å². The Labute approximate surface area is 125 Å². The van der Waals surface area contributed by atoms with Crippen LogP contribution in [0, 0.1) is 0 Å². The van der Waals surface area contributed by atoms with E-state index in [-0.39, 0.29) is 6.92 Å². The summed E-state index contributed by atoms with van der Waals surface area (Å²) in [5, 5.41) is -2.59.